The van der Waals surface area contributed by atoms with Crippen LogP contribution in [0.1, 0.15) is 20.3 Å². The second-order valence-electron chi connectivity index (χ2n) is 4.31. The van der Waals surface area contributed by atoms with E-state index in [-0.39, 0.29) is 25.4 Å². The molecule has 0 aliphatic carbocycles. The van der Waals surface area contributed by atoms with Gasteiger partial charge in [0.05, 0.1) is 13.2 Å². The molecule has 6 heteroatoms. The minimum atomic E-state index is -1.22. The maximum absolute atomic E-state index is 13.3. The van der Waals surface area contributed by atoms with Gasteiger partial charge in [0.1, 0.15) is 11.4 Å². The molecule has 0 fully saturated rings. The quantitative estimate of drug-likeness (QED) is 0.805. The van der Waals surface area contributed by atoms with Gasteiger partial charge in [-0.15, -0.1) is 0 Å². The number of benzene rings is 1. The molecular weight excluding hydrogens is 256 g/mol. The Morgan fingerprint density at radius 1 is 1.42 bits per heavy atom. The van der Waals surface area contributed by atoms with E-state index in [9.17, 15) is 13.6 Å². The van der Waals surface area contributed by atoms with Gasteiger partial charge >= 0.3 is 5.97 Å². The highest BCUT2D eigenvalue weighted by Gasteiger charge is 2.29. The molecule has 0 spiro atoms. The summed E-state index contributed by atoms with van der Waals surface area (Å²) in [7, 11) is 0. The van der Waals surface area contributed by atoms with Gasteiger partial charge in [-0.2, -0.15) is 0 Å². The Balaban J connectivity index is 2.54. The van der Waals surface area contributed by atoms with Crippen molar-refractivity contribution < 1.29 is 23.0 Å². The average Bonchev–Trinajstić information content (AvgIpc) is 2.33. The number of ether oxygens (including phenoxy) is 2. The van der Waals surface area contributed by atoms with Gasteiger partial charge in [-0.05, 0) is 26.0 Å². The van der Waals surface area contributed by atoms with E-state index in [1.54, 1.807) is 6.92 Å². The predicted molar refractivity (Wildman–Crippen MR) is 65.7 cm³/mol. The average molecular weight is 273 g/mol. The van der Waals surface area contributed by atoms with Gasteiger partial charge in [-0.3, -0.25) is 4.79 Å². The third-order valence-electron chi connectivity index (χ3n) is 2.51. The SMILES string of the molecule is CCOC(=O)C(C)(N)CCOc1cc(F)ccc1F. The van der Waals surface area contributed by atoms with Crippen LogP contribution in [-0.4, -0.2) is 24.7 Å². The minimum Gasteiger partial charge on any atom is -0.490 e. The lowest BCUT2D eigenvalue weighted by molar-refractivity contribution is -0.149. The highest BCUT2D eigenvalue weighted by Crippen LogP contribution is 2.19. The van der Waals surface area contributed by atoms with Crippen LogP contribution >= 0.6 is 0 Å². The fraction of sp³-hybridized carbons (Fsp3) is 0.462. The highest BCUT2D eigenvalue weighted by atomic mass is 19.1. The van der Waals surface area contributed by atoms with Crippen molar-refractivity contribution in [3.8, 4) is 5.75 Å². The first-order chi connectivity index (χ1) is 8.86. The van der Waals surface area contributed by atoms with Crippen molar-refractivity contribution in [3.05, 3.63) is 29.8 Å². The van der Waals surface area contributed by atoms with Crippen molar-refractivity contribution in [3.63, 3.8) is 0 Å². The fourth-order valence-corrected chi connectivity index (χ4v) is 1.36. The summed E-state index contributed by atoms with van der Waals surface area (Å²) in [5, 5.41) is 0. The first kappa shape index (κ1) is 15.4. The second-order valence-corrected chi connectivity index (χ2v) is 4.31. The van der Waals surface area contributed by atoms with Crippen LogP contribution in [0.4, 0.5) is 8.78 Å². The summed E-state index contributed by atoms with van der Waals surface area (Å²) < 4.78 is 36.0. The summed E-state index contributed by atoms with van der Waals surface area (Å²) in [5.41, 5.74) is 4.53. The summed E-state index contributed by atoms with van der Waals surface area (Å²) in [6, 6.07) is 2.90. The molecule has 2 N–H and O–H groups in total. The van der Waals surface area contributed by atoms with E-state index in [2.05, 4.69) is 0 Å². The van der Waals surface area contributed by atoms with Crippen LogP contribution in [0, 0.1) is 11.6 Å². The smallest absolute Gasteiger partial charge is 0.325 e. The Morgan fingerprint density at radius 3 is 2.74 bits per heavy atom. The Morgan fingerprint density at radius 2 is 2.11 bits per heavy atom. The van der Waals surface area contributed by atoms with Gasteiger partial charge in [0.2, 0.25) is 0 Å². The molecule has 0 bridgehead atoms. The molecule has 0 saturated heterocycles. The van der Waals surface area contributed by atoms with E-state index in [1.165, 1.54) is 6.92 Å². The maximum atomic E-state index is 13.3. The first-order valence-electron chi connectivity index (χ1n) is 5.91. The molecule has 1 atom stereocenters. The highest BCUT2D eigenvalue weighted by molar-refractivity contribution is 5.79. The predicted octanol–water partition coefficient (Wildman–Crippen LogP) is 2.01. The number of rotatable bonds is 6. The van der Waals surface area contributed by atoms with Crippen LogP contribution in [0.25, 0.3) is 0 Å². The van der Waals surface area contributed by atoms with E-state index in [0.717, 1.165) is 18.2 Å². The number of hydrogen-bond donors (Lipinski definition) is 1. The van der Waals surface area contributed by atoms with E-state index in [0.29, 0.717) is 0 Å². The lowest BCUT2D eigenvalue weighted by Crippen LogP contribution is -2.47. The van der Waals surface area contributed by atoms with E-state index in [4.69, 9.17) is 15.2 Å². The molecule has 4 nitrogen and oxygen atoms in total. The monoisotopic (exact) mass is 273 g/mol. The largest absolute Gasteiger partial charge is 0.490 e. The summed E-state index contributed by atoms with van der Waals surface area (Å²) in [4.78, 5) is 11.5. The van der Waals surface area contributed by atoms with Crippen LogP contribution in [0.5, 0.6) is 5.75 Å². The molecule has 1 unspecified atom stereocenters. The summed E-state index contributed by atoms with van der Waals surface area (Å²) in [6.45, 7) is 3.38. The summed E-state index contributed by atoms with van der Waals surface area (Å²) >= 11 is 0. The number of nitrogens with two attached hydrogens (primary N) is 1. The number of hydrogen-bond acceptors (Lipinski definition) is 4. The molecule has 0 aliphatic rings. The topological polar surface area (TPSA) is 61.5 Å². The van der Waals surface area contributed by atoms with Crippen LogP contribution in [-0.2, 0) is 9.53 Å². The third-order valence-corrected chi connectivity index (χ3v) is 2.51. The molecule has 0 amide bonds. The third kappa shape index (κ3) is 4.48. The normalized spacial score (nSPS) is 13.7. The van der Waals surface area contributed by atoms with E-state index < -0.39 is 23.1 Å². The molecular formula is C13H17F2NO3. The van der Waals surface area contributed by atoms with Crippen molar-refractivity contribution in [2.45, 2.75) is 25.8 Å². The Bertz CT molecular complexity index is 450. The zero-order valence-corrected chi connectivity index (χ0v) is 10.9. The Kier molecular flexibility index (Phi) is 5.23. The first-order valence-corrected chi connectivity index (χ1v) is 5.91. The van der Waals surface area contributed by atoms with Crippen molar-refractivity contribution in [2.24, 2.45) is 5.73 Å². The molecule has 0 saturated carbocycles. The van der Waals surface area contributed by atoms with Crippen molar-refractivity contribution >= 4 is 5.97 Å². The molecule has 1 aromatic carbocycles. The lowest BCUT2D eigenvalue weighted by atomic mass is 10.0. The van der Waals surface area contributed by atoms with Crippen LogP contribution in [0.3, 0.4) is 0 Å². The number of carbonyl (C=O) groups excluding carboxylic acids is 1. The van der Waals surface area contributed by atoms with E-state index in [1.807, 2.05) is 0 Å². The molecule has 0 radical (unpaired) electrons. The van der Waals surface area contributed by atoms with Crippen molar-refractivity contribution in [2.75, 3.05) is 13.2 Å². The van der Waals surface area contributed by atoms with Gasteiger partial charge < -0.3 is 15.2 Å². The number of esters is 1. The fourth-order valence-electron chi connectivity index (χ4n) is 1.36. The zero-order valence-electron chi connectivity index (χ0n) is 10.9. The summed E-state index contributed by atoms with van der Waals surface area (Å²) in [5.74, 6) is -2.04. The maximum Gasteiger partial charge on any atom is 0.325 e. The van der Waals surface area contributed by atoms with E-state index >= 15 is 0 Å². The van der Waals surface area contributed by atoms with Crippen molar-refractivity contribution in [1.29, 1.82) is 0 Å². The lowest BCUT2D eigenvalue weighted by Gasteiger charge is -2.22. The number of halogens is 2. The van der Waals surface area contributed by atoms with Gasteiger partial charge in [0.15, 0.2) is 11.6 Å². The molecule has 0 heterocycles. The zero-order chi connectivity index (χ0) is 14.5. The minimum absolute atomic E-state index is 0.0216. The van der Waals surface area contributed by atoms with Gasteiger partial charge in [0.25, 0.3) is 0 Å². The number of carbonyl (C=O) groups is 1. The molecule has 1 rings (SSSR count). The molecule has 19 heavy (non-hydrogen) atoms. The molecule has 106 valence electrons. The standard InChI is InChI=1S/C13H17F2NO3/c1-3-18-12(17)13(2,16)6-7-19-11-8-9(14)4-5-10(11)15/h4-5,8H,3,6-7,16H2,1-2H3. The molecule has 1 aromatic rings. The van der Waals surface area contributed by atoms with Gasteiger partial charge in [-0.25, -0.2) is 8.78 Å². The summed E-state index contributed by atoms with van der Waals surface area (Å²) in [6.07, 6.45) is 0.127. The van der Waals surface area contributed by atoms with Crippen LogP contribution in [0.2, 0.25) is 0 Å². The Hall–Kier alpha value is -1.69. The molecule has 0 aromatic heterocycles. The van der Waals surface area contributed by atoms with Crippen molar-refractivity contribution in [1.82, 2.24) is 0 Å². The van der Waals surface area contributed by atoms with Gasteiger partial charge in [-0.1, -0.05) is 0 Å². The van der Waals surface area contributed by atoms with Gasteiger partial charge in [0, 0.05) is 12.5 Å². The van der Waals surface area contributed by atoms with Crippen LogP contribution < -0.4 is 10.5 Å². The second kappa shape index (κ2) is 6.47. The molecule has 0 aliphatic heterocycles. The van der Waals surface area contributed by atoms with Crippen LogP contribution in [0.15, 0.2) is 18.2 Å². The Labute approximate surface area is 110 Å².